The predicted molar refractivity (Wildman–Crippen MR) is 65.1 cm³/mol. The van der Waals surface area contributed by atoms with Crippen LogP contribution in [0.1, 0.15) is 32.5 Å². The summed E-state index contributed by atoms with van der Waals surface area (Å²) >= 11 is 0. The highest BCUT2D eigenvalue weighted by molar-refractivity contribution is 5.47. The second-order valence-electron chi connectivity index (χ2n) is 4.72. The normalized spacial score (nSPS) is 16.9. The summed E-state index contributed by atoms with van der Waals surface area (Å²) in [5, 5.41) is 3.35. The van der Waals surface area contributed by atoms with E-state index in [-0.39, 0.29) is 0 Å². The fourth-order valence-corrected chi connectivity index (χ4v) is 1.51. The van der Waals surface area contributed by atoms with Gasteiger partial charge >= 0.3 is 0 Å². The van der Waals surface area contributed by atoms with Crippen LogP contribution in [0.15, 0.2) is 6.07 Å². The molecule has 1 heterocycles. The average molecular weight is 221 g/mol. The Balaban J connectivity index is 2.06. The molecule has 1 fully saturated rings. The number of nitrogens with zero attached hydrogens (tertiary/aromatic N) is 2. The minimum Gasteiger partial charge on any atom is -0.369 e. The fraction of sp³-hybridized carbons (Fsp3) is 0.636. The first-order valence-electron chi connectivity index (χ1n) is 5.74. The Bertz CT molecular complexity index is 350. The minimum absolute atomic E-state index is 0.466. The highest BCUT2D eigenvalue weighted by atomic mass is 15.3. The summed E-state index contributed by atoms with van der Waals surface area (Å²) in [6, 6.07) is 1.84. The van der Waals surface area contributed by atoms with Crippen LogP contribution in [0.5, 0.6) is 0 Å². The molecule has 1 aliphatic carbocycles. The molecule has 0 amide bonds. The van der Waals surface area contributed by atoms with E-state index in [1.807, 2.05) is 13.0 Å². The Morgan fingerprint density at radius 2 is 2.06 bits per heavy atom. The van der Waals surface area contributed by atoms with Gasteiger partial charge in [-0.25, -0.2) is 15.8 Å². The standard InChI is InChI=1S/C11H19N5/c1-3-8-14-9(6-10(15-8)16-12)13-7-11(2)4-5-11/h6H,3-5,7,12H2,1-2H3,(H2,13,14,15,16). The van der Waals surface area contributed by atoms with Crippen molar-refractivity contribution < 1.29 is 0 Å². The van der Waals surface area contributed by atoms with Crippen molar-refractivity contribution in [3.8, 4) is 0 Å². The number of hydrazine groups is 1. The number of hydrogen-bond acceptors (Lipinski definition) is 5. The quantitative estimate of drug-likeness (QED) is 0.519. The van der Waals surface area contributed by atoms with Crippen LogP contribution in [0, 0.1) is 5.41 Å². The van der Waals surface area contributed by atoms with Crippen molar-refractivity contribution in [2.45, 2.75) is 33.1 Å². The summed E-state index contributed by atoms with van der Waals surface area (Å²) in [5.41, 5.74) is 3.03. The highest BCUT2D eigenvalue weighted by Gasteiger charge is 2.36. The monoisotopic (exact) mass is 221 g/mol. The van der Waals surface area contributed by atoms with Crippen LogP contribution in [0.3, 0.4) is 0 Å². The Hall–Kier alpha value is -1.36. The van der Waals surface area contributed by atoms with Gasteiger partial charge in [0.15, 0.2) is 0 Å². The second kappa shape index (κ2) is 4.25. The van der Waals surface area contributed by atoms with E-state index in [0.29, 0.717) is 11.2 Å². The zero-order valence-corrected chi connectivity index (χ0v) is 9.88. The average Bonchev–Trinajstić information content (AvgIpc) is 3.05. The van der Waals surface area contributed by atoms with Crippen LogP contribution in [0.4, 0.5) is 11.6 Å². The Morgan fingerprint density at radius 3 is 2.62 bits per heavy atom. The Labute approximate surface area is 95.8 Å². The second-order valence-corrected chi connectivity index (χ2v) is 4.72. The summed E-state index contributed by atoms with van der Waals surface area (Å²) in [6.07, 6.45) is 3.41. The van der Waals surface area contributed by atoms with Gasteiger partial charge in [0.2, 0.25) is 0 Å². The molecular weight excluding hydrogens is 202 g/mol. The molecular formula is C11H19N5. The van der Waals surface area contributed by atoms with Crippen molar-refractivity contribution >= 4 is 11.6 Å². The van der Waals surface area contributed by atoms with Crippen molar-refractivity contribution in [3.05, 3.63) is 11.9 Å². The topological polar surface area (TPSA) is 75.9 Å². The van der Waals surface area contributed by atoms with Gasteiger partial charge in [-0.2, -0.15) is 0 Å². The third kappa shape index (κ3) is 2.61. The Morgan fingerprint density at radius 1 is 1.38 bits per heavy atom. The summed E-state index contributed by atoms with van der Waals surface area (Å²) in [7, 11) is 0. The maximum absolute atomic E-state index is 5.37. The smallest absolute Gasteiger partial charge is 0.145 e. The lowest BCUT2D eigenvalue weighted by Gasteiger charge is -2.12. The first-order chi connectivity index (χ1) is 7.65. The first kappa shape index (κ1) is 11.1. The van der Waals surface area contributed by atoms with Crippen molar-refractivity contribution in [1.29, 1.82) is 0 Å². The highest BCUT2D eigenvalue weighted by Crippen LogP contribution is 2.44. The number of aryl methyl sites for hydroxylation is 1. The molecule has 1 saturated carbocycles. The van der Waals surface area contributed by atoms with Gasteiger partial charge < -0.3 is 10.7 Å². The number of nitrogens with one attached hydrogen (secondary N) is 2. The van der Waals surface area contributed by atoms with Gasteiger partial charge in [-0.3, -0.25) is 0 Å². The molecule has 16 heavy (non-hydrogen) atoms. The minimum atomic E-state index is 0.466. The van der Waals surface area contributed by atoms with Gasteiger partial charge in [0, 0.05) is 19.0 Å². The van der Waals surface area contributed by atoms with Crippen LogP contribution in [0.2, 0.25) is 0 Å². The SMILES string of the molecule is CCc1nc(NN)cc(NCC2(C)CC2)n1. The van der Waals surface area contributed by atoms with E-state index in [4.69, 9.17) is 5.84 Å². The van der Waals surface area contributed by atoms with Gasteiger partial charge in [-0.1, -0.05) is 13.8 Å². The van der Waals surface area contributed by atoms with Gasteiger partial charge in [-0.15, -0.1) is 0 Å². The summed E-state index contributed by atoms with van der Waals surface area (Å²) < 4.78 is 0. The van der Waals surface area contributed by atoms with E-state index < -0.39 is 0 Å². The number of nitrogens with two attached hydrogens (primary N) is 1. The van der Waals surface area contributed by atoms with Crippen molar-refractivity contribution in [1.82, 2.24) is 9.97 Å². The summed E-state index contributed by atoms with van der Waals surface area (Å²) in [4.78, 5) is 8.66. The van der Waals surface area contributed by atoms with Crippen LogP contribution in [-0.2, 0) is 6.42 Å². The molecule has 0 aromatic carbocycles. The van der Waals surface area contributed by atoms with Crippen LogP contribution < -0.4 is 16.6 Å². The van der Waals surface area contributed by atoms with E-state index >= 15 is 0 Å². The molecule has 4 N–H and O–H groups in total. The molecule has 0 saturated heterocycles. The van der Waals surface area contributed by atoms with Gasteiger partial charge in [0.25, 0.3) is 0 Å². The summed E-state index contributed by atoms with van der Waals surface area (Å²) in [6.45, 7) is 5.28. The molecule has 0 aliphatic heterocycles. The number of anilines is 2. The molecule has 1 aromatic rings. The lowest BCUT2D eigenvalue weighted by atomic mass is 10.1. The predicted octanol–water partition coefficient (Wildman–Crippen LogP) is 1.54. The lowest BCUT2D eigenvalue weighted by Crippen LogP contribution is -2.15. The molecule has 0 radical (unpaired) electrons. The van der Waals surface area contributed by atoms with Gasteiger partial charge in [0.05, 0.1) is 0 Å². The number of hydrogen-bond donors (Lipinski definition) is 3. The first-order valence-corrected chi connectivity index (χ1v) is 5.74. The van der Waals surface area contributed by atoms with Crippen molar-refractivity contribution in [2.24, 2.45) is 11.3 Å². The van der Waals surface area contributed by atoms with E-state index in [1.165, 1.54) is 12.8 Å². The molecule has 5 heteroatoms. The van der Waals surface area contributed by atoms with Crippen molar-refractivity contribution in [2.75, 3.05) is 17.3 Å². The zero-order chi connectivity index (χ0) is 11.6. The molecule has 88 valence electrons. The third-order valence-electron chi connectivity index (χ3n) is 3.04. The van der Waals surface area contributed by atoms with E-state index in [0.717, 1.165) is 24.6 Å². The van der Waals surface area contributed by atoms with Gasteiger partial charge in [-0.05, 0) is 18.3 Å². The molecule has 5 nitrogen and oxygen atoms in total. The van der Waals surface area contributed by atoms with E-state index in [2.05, 4.69) is 27.6 Å². The van der Waals surface area contributed by atoms with E-state index in [1.54, 1.807) is 0 Å². The van der Waals surface area contributed by atoms with Crippen LogP contribution >= 0.6 is 0 Å². The lowest BCUT2D eigenvalue weighted by molar-refractivity contribution is 0.609. The van der Waals surface area contributed by atoms with Crippen LogP contribution in [0.25, 0.3) is 0 Å². The molecule has 1 aliphatic rings. The number of nitrogen functional groups attached to an aromatic ring is 1. The summed E-state index contributed by atoms with van der Waals surface area (Å²) in [5.74, 6) is 7.69. The maximum Gasteiger partial charge on any atom is 0.145 e. The number of aromatic nitrogens is 2. The number of rotatable bonds is 5. The molecule has 0 unspecified atom stereocenters. The molecule has 1 aromatic heterocycles. The van der Waals surface area contributed by atoms with Crippen molar-refractivity contribution in [3.63, 3.8) is 0 Å². The zero-order valence-electron chi connectivity index (χ0n) is 9.88. The maximum atomic E-state index is 5.37. The molecule has 0 atom stereocenters. The largest absolute Gasteiger partial charge is 0.369 e. The molecule has 0 bridgehead atoms. The fourth-order valence-electron chi connectivity index (χ4n) is 1.51. The molecule has 2 rings (SSSR count). The molecule has 0 spiro atoms. The van der Waals surface area contributed by atoms with E-state index in [9.17, 15) is 0 Å². The third-order valence-corrected chi connectivity index (χ3v) is 3.04. The van der Waals surface area contributed by atoms with Gasteiger partial charge in [0.1, 0.15) is 17.5 Å². The Kier molecular flexibility index (Phi) is 2.96. The van der Waals surface area contributed by atoms with Crippen LogP contribution in [-0.4, -0.2) is 16.5 Å².